The van der Waals surface area contributed by atoms with Gasteiger partial charge in [-0.1, -0.05) is 19.1 Å². The molecule has 1 radical (unpaired) electrons. The number of rotatable bonds is 3. The zero-order chi connectivity index (χ0) is 15.1. The number of likely N-dealkylation sites (N-methyl/N-ethyl adjacent to an activating group) is 1. The second-order valence-electron chi connectivity index (χ2n) is 5.54. The Hall–Kier alpha value is -0.367. The molecule has 5 heteroatoms. The molecule has 0 spiro atoms. The van der Waals surface area contributed by atoms with Gasteiger partial charge in [0, 0.05) is 0 Å². The molecular formula is C20H23Cl3NZr-2. The van der Waals surface area contributed by atoms with E-state index in [1.54, 1.807) is 0 Å². The molecule has 0 aromatic heterocycles. The summed E-state index contributed by atoms with van der Waals surface area (Å²) in [6, 6.07) is 25.2. The minimum Gasteiger partial charge on any atom is -1.00 e. The van der Waals surface area contributed by atoms with Crippen molar-refractivity contribution in [2.24, 2.45) is 0 Å². The Labute approximate surface area is 189 Å². The van der Waals surface area contributed by atoms with E-state index in [0.717, 1.165) is 6.54 Å². The van der Waals surface area contributed by atoms with Gasteiger partial charge in [0.05, 0.1) is 0 Å². The smallest absolute Gasteiger partial charge is 1.00 e. The molecule has 0 aliphatic rings. The van der Waals surface area contributed by atoms with Gasteiger partial charge in [-0.05, 0) is 20.6 Å². The van der Waals surface area contributed by atoms with Gasteiger partial charge in [0.1, 0.15) is 0 Å². The van der Waals surface area contributed by atoms with Crippen molar-refractivity contribution in [3.63, 3.8) is 0 Å². The topological polar surface area (TPSA) is 3.24 Å². The van der Waals surface area contributed by atoms with Crippen LogP contribution in [0.5, 0.6) is 0 Å². The number of benzene rings is 2. The van der Waals surface area contributed by atoms with Crippen LogP contribution in [0.25, 0.3) is 10.8 Å². The number of halogens is 3. The molecule has 0 atom stereocenters. The molecule has 0 aliphatic heterocycles. The van der Waals surface area contributed by atoms with Crippen molar-refractivity contribution >= 4 is 10.8 Å². The normalized spacial score (nSPS) is 8.64. The summed E-state index contributed by atoms with van der Waals surface area (Å²) in [4.78, 5) is 2.18. The molecule has 135 valence electrons. The average molecular weight is 475 g/mol. The molecule has 0 heterocycles. The first-order valence-corrected chi connectivity index (χ1v) is 7.30. The van der Waals surface area contributed by atoms with E-state index in [4.69, 9.17) is 0 Å². The summed E-state index contributed by atoms with van der Waals surface area (Å²) in [7, 11) is 4.18. The predicted molar refractivity (Wildman–Crippen MR) is 92.6 cm³/mol. The van der Waals surface area contributed by atoms with Gasteiger partial charge < -0.3 is 42.1 Å². The summed E-state index contributed by atoms with van der Waals surface area (Å²) in [6.07, 6.45) is 0. The molecule has 0 N–H and O–H groups in total. The van der Waals surface area contributed by atoms with Crippen molar-refractivity contribution in [2.75, 3.05) is 20.6 Å². The molecule has 0 fully saturated rings. The molecule has 0 amide bonds. The van der Waals surface area contributed by atoms with Crippen LogP contribution < -0.4 is 37.2 Å². The van der Waals surface area contributed by atoms with E-state index in [2.05, 4.69) is 92.6 Å². The number of fused-ring (bicyclic) bond motifs is 1. The zero-order valence-electron chi connectivity index (χ0n) is 14.7. The van der Waals surface area contributed by atoms with Crippen molar-refractivity contribution in [2.45, 2.75) is 6.92 Å². The van der Waals surface area contributed by atoms with Crippen molar-refractivity contribution in [3.05, 3.63) is 84.3 Å². The van der Waals surface area contributed by atoms with E-state index in [1.807, 2.05) is 6.07 Å². The molecule has 3 aromatic rings. The van der Waals surface area contributed by atoms with Gasteiger partial charge in [-0.3, -0.25) is 0 Å². The van der Waals surface area contributed by atoms with Gasteiger partial charge in [-0.2, -0.15) is 41.1 Å². The predicted octanol–water partition coefficient (Wildman–Crippen LogP) is -4.24. The van der Waals surface area contributed by atoms with Gasteiger partial charge in [-0.15, -0.1) is 41.8 Å². The van der Waals surface area contributed by atoms with E-state index < -0.39 is 0 Å². The first-order valence-electron chi connectivity index (χ1n) is 7.30. The fourth-order valence-electron chi connectivity index (χ4n) is 2.36. The largest absolute Gasteiger partial charge is 3.00 e. The van der Waals surface area contributed by atoms with E-state index >= 15 is 0 Å². The van der Waals surface area contributed by atoms with E-state index in [1.165, 1.54) is 22.3 Å². The molecule has 25 heavy (non-hydrogen) atoms. The van der Waals surface area contributed by atoms with E-state index in [0.29, 0.717) is 0 Å². The standard InChI is InChI=1S/C11H16N.C9H7.3ClH.Zr/c1-10(9-12(2)3)11-7-5-4-6-8-11;1-2-5-9-7-3-6-8(9)4-1;;;;/h4-8H,9H2,1-3H3;1-7H;3*1H;/q2*-1;;;;+3/p-3. The summed E-state index contributed by atoms with van der Waals surface area (Å²) in [6.45, 7) is 3.21. The van der Waals surface area contributed by atoms with E-state index in [-0.39, 0.29) is 63.4 Å². The summed E-state index contributed by atoms with van der Waals surface area (Å²) in [5.41, 5.74) is 1.34. The first-order chi connectivity index (χ1) is 10.2. The van der Waals surface area contributed by atoms with Crippen LogP contribution in [0.15, 0.2) is 72.8 Å². The Morgan fingerprint density at radius 1 is 0.840 bits per heavy atom. The van der Waals surface area contributed by atoms with Gasteiger partial charge in [0.2, 0.25) is 0 Å². The maximum atomic E-state index is 2.18. The molecule has 0 saturated carbocycles. The summed E-state index contributed by atoms with van der Waals surface area (Å²) in [5.74, 6) is 1.42. The van der Waals surface area contributed by atoms with Crippen molar-refractivity contribution in [1.82, 2.24) is 4.90 Å². The zero-order valence-corrected chi connectivity index (χ0v) is 19.4. The molecule has 0 bridgehead atoms. The van der Waals surface area contributed by atoms with Crippen LogP contribution in [-0.4, -0.2) is 25.5 Å². The van der Waals surface area contributed by atoms with Crippen LogP contribution in [-0.2, 0) is 26.2 Å². The second-order valence-corrected chi connectivity index (χ2v) is 5.54. The maximum absolute atomic E-state index is 2.18. The molecule has 0 saturated heterocycles. The third-order valence-corrected chi connectivity index (χ3v) is 3.37. The Morgan fingerprint density at radius 3 is 1.96 bits per heavy atom. The fourth-order valence-corrected chi connectivity index (χ4v) is 2.36. The molecule has 1 nitrogen and oxygen atoms in total. The van der Waals surface area contributed by atoms with Crippen LogP contribution >= 0.6 is 0 Å². The average Bonchev–Trinajstić information content (AvgIpc) is 2.96. The molecule has 0 aliphatic carbocycles. The van der Waals surface area contributed by atoms with E-state index in [9.17, 15) is 0 Å². The van der Waals surface area contributed by atoms with Crippen LogP contribution in [0, 0.1) is 5.92 Å². The number of hydrogen-bond donors (Lipinski definition) is 0. The molecule has 3 aromatic carbocycles. The summed E-state index contributed by atoms with van der Waals surface area (Å²) in [5, 5.41) is 2.66. The number of nitrogens with zero attached hydrogens (tertiary/aromatic N) is 1. The second kappa shape index (κ2) is 15.9. The van der Waals surface area contributed by atoms with Crippen molar-refractivity contribution in [1.29, 1.82) is 0 Å². The summed E-state index contributed by atoms with van der Waals surface area (Å²) < 4.78 is 0. The first kappa shape index (κ1) is 29.4. The Bertz CT molecular complexity index is 626. The minimum atomic E-state index is 0. The summed E-state index contributed by atoms with van der Waals surface area (Å²) >= 11 is 0. The van der Waals surface area contributed by atoms with Crippen LogP contribution in [0.3, 0.4) is 0 Å². The Balaban J connectivity index is -0.000000341. The maximum Gasteiger partial charge on any atom is 3.00 e. The van der Waals surface area contributed by atoms with Gasteiger partial charge in [0.15, 0.2) is 0 Å². The fraction of sp³-hybridized carbons (Fsp3) is 0.200. The van der Waals surface area contributed by atoms with Crippen LogP contribution in [0.1, 0.15) is 12.5 Å². The van der Waals surface area contributed by atoms with Gasteiger partial charge in [0.25, 0.3) is 0 Å². The van der Waals surface area contributed by atoms with Crippen molar-refractivity contribution in [3.8, 4) is 0 Å². The van der Waals surface area contributed by atoms with Crippen LogP contribution in [0.2, 0.25) is 0 Å². The molecule has 3 rings (SSSR count). The Morgan fingerprint density at radius 2 is 1.40 bits per heavy atom. The third kappa shape index (κ3) is 10.4. The van der Waals surface area contributed by atoms with Gasteiger partial charge >= 0.3 is 26.2 Å². The SMILES string of the molecule is C[C-](CN(C)C)c1ccccc1.[Cl-].[Cl-].[Cl-].[Zr+3].c1ccc2[cH-]ccc2c1. The van der Waals surface area contributed by atoms with Crippen molar-refractivity contribution < 1.29 is 63.4 Å². The van der Waals surface area contributed by atoms with Crippen LogP contribution in [0.4, 0.5) is 0 Å². The Kier molecular flexibility index (Phi) is 18.6. The van der Waals surface area contributed by atoms with Gasteiger partial charge in [-0.25, -0.2) is 0 Å². The third-order valence-electron chi connectivity index (χ3n) is 3.37. The minimum absolute atomic E-state index is 0. The molecular weight excluding hydrogens is 452 g/mol. The quantitative estimate of drug-likeness (QED) is 0.348. The molecule has 0 unspecified atom stereocenters. The number of hydrogen-bond acceptors (Lipinski definition) is 1. The monoisotopic (exact) mass is 472 g/mol.